The molecular formula is C11H12FN. The summed E-state index contributed by atoms with van der Waals surface area (Å²) in [5, 5.41) is 3.12. The van der Waals surface area contributed by atoms with Crippen LogP contribution in [0.5, 0.6) is 0 Å². The smallest absolute Gasteiger partial charge is 0.123 e. The highest BCUT2D eigenvalue weighted by Gasteiger charge is 1.93. The highest BCUT2D eigenvalue weighted by molar-refractivity contribution is 5.15. The maximum atomic E-state index is 12.7. The van der Waals surface area contributed by atoms with Gasteiger partial charge in [0, 0.05) is 19.5 Å². The molecule has 1 nitrogen and oxygen atoms in total. The standard InChI is InChI=1S/C11H12FN/c1-2-3-7-13-9-10-5-4-6-11(12)8-10/h1,4-6,8,13H,3,7,9H2. The van der Waals surface area contributed by atoms with Gasteiger partial charge in [0.05, 0.1) is 0 Å². The van der Waals surface area contributed by atoms with Gasteiger partial charge >= 0.3 is 0 Å². The van der Waals surface area contributed by atoms with Gasteiger partial charge < -0.3 is 5.32 Å². The molecule has 0 fully saturated rings. The van der Waals surface area contributed by atoms with E-state index in [-0.39, 0.29) is 5.82 Å². The third-order valence-electron chi connectivity index (χ3n) is 1.66. The molecule has 0 aliphatic carbocycles. The van der Waals surface area contributed by atoms with Crippen LogP contribution in [0.3, 0.4) is 0 Å². The van der Waals surface area contributed by atoms with Crippen molar-refractivity contribution in [3.05, 3.63) is 35.6 Å². The van der Waals surface area contributed by atoms with E-state index in [0.29, 0.717) is 13.0 Å². The zero-order valence-electron chi connectivity index (χ0n) is 7.39. The van der Waals surface area contributed by atoms with Crippen molar-refractivity contribution in [1.82, 2.24) is 5.32 Å². The SMILES string of the molecule is C#CCCNCc1cccc(F)c1. The molecule has 0 heterocycles. The predicted octanol–water partition coefficient (Wildman–Crippen LogP) is 1.94. The Hall–Kier alpha value is -1.33. The van der Waals surface area contributed by atoms with Crippen LogP contribution in [0.25, 0.3) is 0 Å². The highest BCUT2D eigenvalue weighted by Crippen LogP contribution is 2.02. The van der Waals surface area contributed by atoms with Gasteiger partial charge in [-0.2, -0.15) is 0 Å². The van der Waals surface area contributed by atoms with Crippen LogP contribution in [0.4, 0.5) is 4.39 Å². The van der Waals surface area contributed by atoms with Gasteiger partial charge in [0.2, 0.25) is 0 Å². The average molecular weight is 177 g/mol. The van der Waals surface area contributed by atoms with E-state index >= 15 is 0 Å². The quantitative estimate of drug-likeness (QED) is 0.547. The molecule has 0 unspecified atom stereocenters. The van der Waals surface area contributed by atoms with Crippen molar-refractivity contribution in [2.45, 2.75) is 13.0 Å². The summed E-state index contributed by atoms with van der Waals surface area (Å²) in [5.74, 6) is 2.33. The lowest BCUT2D eigenvalue weighted by atomic mass is 10.2. The zero-order valence-corrected chi connectivity index (χ0v) is 7.39. The molecule has 1 rings (SSSR count). The van der Waals surface area contributed by atoms with Crippen LogP contribution in [0.1, 0.15) is 12.0 Å². The van der Waals surface area contributed by atoms with Crippen LogP contribution in [0.2, 0.25) is 0 Å². The van der Waals surface area contributed by atoms with Crippen LogP contribution >= 0.6 is 0 Å². The number of hydrogen-bond donors (Lipinski definition) is 1. The first kappa shape index (κ1) is 9.76. The highest BCUT2D eigenvalue weighted by atomic mass is 19.1. The van der Waals surface area contributed by atoms with Crippen molar-refractivity contribution in [1.29, 1.82) is 0 Å². The summed E-state index contributed by atoms with van der Waals surface area (Å²) >= 11 is 0. The fourth-order valence-electron chi connectivity index (χ4n) is 1.04. The largest absolute Gasteiger partial charge is 0.312 e. The first-order valence-corrected chi connectivity index (χ1v) is 4.21. The normalized spacial score (nSPS) is 9.54. The van der Waals surface area contributed by atoms with Gasteiger partial charge in [-0.25, -0.2) is 4.39 Å². The predicted molar refractivity (Wildman–Crippen MR) is 51.6 cm³/mol. The van der Waals surface area contributed by atoms with E-state index in [1.165, 1.54) is 12.1 Å². The Kier molecular flexibility index (Phi) is 4.01. The molecule has 0 spiro atoms. The van der Waals surface area contributed by atoms with Crippen molar-refractivity contribution >= 4 is 0 Å². The molecule has 0 radical (unpaired) electrons. The summed E-state index contributed by atoms with van der Waals surface area (Å²) in [5.41, 5.74) is 0.942. The van der Waals surface area contributed by atoms with Crippen molar-refractivity contribution in [3.8, 4) is 12.3 Å². The molecule has 0 atom stereocenters. The van der Waals surface area contributed by atoms with Crippen LogP contribution in [-0.2, 0) is 6.54 Å². The minimum Gasteiger partial charge on any atom is -0.312 e. The summed E-state index contributed by atoms with van der Waals surface area (Å²) in [6.07, 6.45) is 5.79. The number of rotatable bonds is 4. The maximum absolute atomic E-state index is 12.7. The minimum absolute atomic E-state index is 0.198. The number of terminal acetylenes is 1. The molecule has 2 heteroatoms. The van der Waals surface area contributed by atoms with Crippen LogP contribution in [0, 0.1) is 18.2 Å². The minimum atomic E-state index is -0.198. The molecule has 0 saturated heterocycles. The van der Waals surface area contributed by atoms with Crippen LogP contribution < -0.4 is 5.32 Å². The Morgan fingerprint density at radius 1 is 1.46 bits per heavy atom. The van der Waals surface area contributed by atoms with Crippen LogP contribution in [0.15, 0.2) is 24.3 Å². The van der Waals surface area contributed by atoms with Gasteiger partial charge in [-0.15, -0.1) is 12.3 Å². The van der Waals surface area contributed by atoms with Gasteiger partial charge in [-0.3, -0.25) is 0 Å². The van der Waals surface area contributed by atoms with Crippen molar-refractivity contribution in [2.75, 3.05) is 6.54 Å². The van der Waals surface area contributed by atoms with Crippen molar-refractivity contribution in [2.24, 2.45) is 0 Å². The molecule has 0 aliphatic rings. The fraction of sp³-hybridized carbons (Fsp3) is 0.273. The molecule has 0 bridgehead atoms. The average Bonchev–Trinajstić information content (AvgIpc) is 2.13. The Morgan fingerprint density at radius 3 is 3.00 bits per heavy atom. The lowest BCUT2D eigenvalue weighted by molar-refractivity contribution is 0.621. The molecule has 68 valence electrons. The molecule has 1 N–H and O–H groups in total. The number of halogens is 1. The third-order valence-corrected chi connectivity index (χ3v) is 1.66. The van der Waals surface area contributed by atoms with E-state index < -0.39 is 0 Å². The van der Waals surface area contributed by atoms with Crippen molar-refractivity contribution in [3.63, 3.8) is 0 Å². The van der Waals surface area contributed by atoms with E-state index in [9.17, 15) is 4.39 Å². The topological polar surface area (TPSA) is 12.0 Å². The molecule has 0 aliphatic heterocycles. The summed E-state index contributed by atoms with van der Waals surface area (Å²) < 4.78 is 12.7. The molecule has 0 amide bonds. The Morgan fingerprint density at radius 2 is 2.31 bits per heavy atom. The van der Waals surface area contributed by atoms with E-state index in [1.807, 2.05) is 6.07 Å². The van der Waals surface area contributed by atoms with E-state index in [0.717, 1.165) is 12.1 Å². The zero-order chi connectivity index (χ0) is 9.52. The summed E-state index contributed by atoms with van der Waals surface area (Å²) in [7, 11) is 0. The molecule has 13 heavy (non-hydrogen) atoms. The second-order valence-corrected chi connectivity index (χ2v) is 2.76. The van der Waals surface area contributed by atoms with Crippen LogP contribution in [-0.4, -0.2) is 6.54 Å². The van der Waals surface area contributed by atoms with Gasteiger partial charge in [-0.05, 0) is 17.7 Å². The first-order chi connectivity index (χ1) is 6.33. The molecule has 1 aromatic rings. The number of hydrogen-bond acceptors (Lipinski definition) is 1. The monoisotopic (exact) mass is 177 g/mol. The summed E-state index contributed by atoms with van der Waals surface area (Å²) in [6.45, 7) is 1.44. The Bertz CT molecular complexity index is 301. The second kappa shape index (κ2) is 5.34. The summed E-state index contributed by atoms with van der Waals surface area (Å²) in [4.78, 5) is 0. The lowest BCUT2D eigenvalue weighted by Crippen LogP contribution is -2.14. The van der Waals surface area contributed by atoms with E-state index in [2.05, 4.69) is 11.2 Å². The fourth-order valence-corrected chi connectivity index (χ4v) is 1.04. The lowest BCUT2D eigenvalue weighted by Gasteiger charge is -2.02. The van der Waals surface area contributed by atoms with E-state index in [1.54, 1.807) is 6.07 Å². The van der Waals surface area contributed by atoms with Gasteiger partial charge in [-0.1, -0.05) is 12.1 Å². The molecular weight excluding hydrogens is 165 g/mol. The van der Waals surface area contributed by atoms with Gasteiger partial charge in [0.25, 0.3) is 0 Å². The van der Waals surface area contributed by atoms with Gasteiger partial charge in [0.1, 0.15) is 5.82 Å². The second-order valence-electron chi connectivity index (χ2n) is 2.76. The Labute approximate surface area is 78.0 Å². The van der Waals surface area contributed by atoms with Gasteiger partial charge in [0.15, 0.2) is 0 Å². The molecule has 0 aromatic heterocycles. The maximum Gasteiger partial charge on any atom is 0.123 e. The summed E-state index contributed by atoms with van der Waals surface area (Å²) in [6, 6.07) is 6.54. The Balaban J connectivity index is 2.33. The molecule has 1 aromatic carbocycles. The third kappa shape index (κ3) is 3.73. The first-order valence-electron chi connectivity index (χ1n) is 4.21. The van der Waals surface area contributed by atoms with E-state index in [4.69, 9.17) is 6.42 Å². The number of nitrogens with one attached hydrogen (secondary N) is 1. The van der Waals surface area contributed by atoms with Crippen molar-refractivity contribution < 1.29 is 4.39 Å². The number of benzene rings is 1. The molecule has 0 saturated carbocycles.